The number of aryl methyl sites for hydroxylation is 1. The number of rotatable bonds is 1. The van der Waals surface area contributed by atoms with E-state index in [9.17, 15) is 5.11 Å². The van der Waals surface area contributed by atoms with Gasteiger partial charge >= 0.3 is 0 Å². The molecule has 2 N–H and O–H groups in total. The van der Waals surface area contributed by atoms with E-state index in [1.165, 1.54) is 19.3 Å². The molecule has 13 heavy (non-hydrogen) atoms. The Kier molecular flexibility index (Phi) is 1.25. The molecule has 2 unspecified atom stereocenters. The van der Waals surface area contributed by atoms with Crippen LogP contribution in [0.15, 0.2) is 6.20 Å². The number of aromatic amines is 1. The molecule has 0 radical (unpaired) electrons. The van der Waals surface area contributed by atoms with Gasteiger partial charge in [-0.25, -0.2) is 0 Å². The fourth-order valence-corrected chi connectivity index (χ4v) is 3.04. The van der Waals surface area contributed by atoms with Crippen LogP contribution in [0.2, 0.25) is 0 Å². The Labute approximate surface area is 77.2 Å². The highest BCUT2D eigenvalue weighted by atomic mass is 16.3. The molecule has 1 heterocycles. The predicted octanol–water partition coefficient (Wildman–Crippen LogP) is 1.34. The number of nitrogens with zero attached hydrogens (tertiary/aromatic N) is 1. The summed E-state index contributed by atoms with van der Waals surface area (Å²) in [5, 5.41) is 17.3. The molecular weight excluding hydrogens is 164 g/mol. The first-order valence-electron chi connectivity index (χ1n) is 4.97. The Morgan fingerprint density at radius 2 is 2.23 bits per heavy atom. The van der Waals surface area contributed by atoms with E-state index in [1.807, 2.05) is 6.92 Å². The lowest BCUT2D eigenvalue weighted by Crippen LogP contribution is -2.15. The third-order valence-corrected chi connectivity index (χ3v) is 3.77. The largest absolute Gasteiger partial charge is 0.383 e. The maximum atomic E-state index is 10.4. The van der Waals surface area contributed by atoms with Gasteiger partial charge in [-0.1, -0.05) is 6.42 Å². The molecule has 3 rings (SSSR count). The molecule has 0 bridgehead atoms. The summed E-state index contributed by atoms with van der Waals surface area (Å²) in [7, 11) is 0. The third-order valence-electron chi connectivity index (χ3n) is 3.77. The molecule has 2 saturated carbocycles. The van der Waals surface area contributed by atoms with Crippen molar-refractivity contribution in [1.29, 1.82) is 0 Å². The quantitative estimate of drug-likeness (QED) is 0.681. The van der Waals surface area contributed by atoms with Crippen LogP contribution in [-0.4, -0.2) is 15.3 Å². The molecule has 0 aliphatic heterocycles. The smallest absolute Gasteiger partial charge is 0.113 e. The van der Waals surface area contributed by atoms with E-state index < -0.39 is 5.60 Å². The van der Waals surface area contributed by atoms with Gasteiger partial charge in [0.05, 0.1) is 11.9 Å². The number of hydrogen-bond donors (Lipinski definition) is 2. The molecule has 70 valence electrons. The highest BCUT2D eigenvalue weighted by molar-refractivity contribution is 5.32. The summed E-state index contributed by atoms with van der Waals surface area (Å²) in [6, 6.07) is 0. The molecule has 2 atom stereocenters. The summed E-state index contributed by atoms with van der Waals surface area (Å²) < 4.78 is 0. The lowest BCUT2D eigenvalue weighted by Gasteiger charge is -2.12. The van der Waals surface area contributed by atoms with Crippen molar-refractivity contribution in [3.8, 4) is 0 Å². The van der Waals surface area contributed by atoms with Gasteiger partial charge in [-0.05, 0) is 37.2 Å². The van der Waals surface area contributed by atoms with Gasteiger partial charge < -0.3 is 5.11 Å². The number of aliphatic hydroxyl groups is 1. The standard InChI is InChI=1S/C10H14N2O/c1-6-5-11-12-9(6)10(13)7-3-2-4-8(7)10/h5,7-8,13H,2-4H2,1H3,(H,11,12). The van der Waals surface area contributed by atoms with E-state index in [-0.39, 0.29) is 0 Å². The summed E-state index contributed by atoms with van der Waals surface area (Å²) in [5.74, 6) is 1.01. The Balaban J connectivity index is 1.99. The average molecular weight is 178 g/mol. The highest BCUT2D eigenvalue weighted by Gasteiger charge is 2.67. The van der Waals surface area contributed by atoms with Crippen molar-refractivity contribution in [1.82, 2.24) is 10.2 Å². The fraction of sp³-hybridized carbons (Fsp3) is 0.700. The van der Waals surface area contributed by atoms with Gasteiger partial charge in [0.25, 0.3) is 0 Å². The second-order valence-corrected chi connectivity index (χ2v) is 4.40. The van der Waals surface area contributed by atoms with Crippen LogP contribution in [0, 0.1) is 18.8 Å². The van der Waals surface area contributed by atoms with Gasteiger partial charge in [-0.3, -0.25) is 5.10 Å². The van der Waals surface area contributed by atoms with E-state index in [4.69, 9.17) is 0 Å². The molecule has 2 aliphatic carbocycles. The summed E-state index contributed by atoms with van der Waals surface area (Å²) in [6.45, 7) is 2.00. The van der Waals surface area contributed by atoms with E-state index in [2.05, 4.69) is 10.2 Å². The molecular formula is C10H14N2O. The highest BCUT2D eigenvalue weighted by Crippen LogP contribution is 2.66. The summed E-state index contributed by atoms with van der Waals surface area (Å²) >= 11 is 0. The maximum Gasteiger partial charge on any atom is 0.113 e. The molecule has 3 nitrogen and oxygen atoms in total. The molecule has 0 aromatic carbocycles. The summed E-state index contributed by atoms with van der Waals surface area (Å²) in [4.78, 5) is 0. The first-order valence-corrected chi connectivity index (χ1v) is 4.97. The third kappa shape index (κ3) is 0.759. The Morgan fingerprint density at radius 3 is 2.77 bits per heavy atom. The van der Waals surface area contributed by atoms with Crippen molar-refractivity contribution in [2.75, 3.05) is 0 Å². The van der Waals surface area contributed by atoms with Crippen LogP contribution in [0.1, 0.15) is 30.5 Å². The lowest BCUT2D eigenvalue weighted by molar-refractivity contribution is 0.0999. The van der Waals surface area contributed by atoms with E-state index in [0.717, 1.165) is 11.3 Å². The summed E-state index contributed by atoms with van der Waals surface area (Å²) in [6.07, 6.45) is 5.44. The Morgan fingerprint density at radius 1 is 1.54 bits per heavy atom. The van der Waals surface area contributed by atoms with Gasteiger partial charge in [-0.15, -0.1) is 0 Å². The van der Waals surface area contributed by atoms with Gasteiger partial charge in [0.1, 0.15) is 5.60 Å². The number of nitrogens with one attached hydrogen (secondary N) is 1. The average Bonchev–Trinajstić information content (AvgIpc) is 2.61. The fourth-order valence-electron chi connectivity index (χ4n) is 3.04. The van der Waals surface area contributed by atoms with Crippen molar-refractivity contribution in [3.05, 3.63) is 17.5 Å². The molecule has 2 fully saturated rings. The Bertz CT molecular complexity index is 334. The summed E-state index contributed by atoms with van der Waals surface area (Å²) in [5.41, 5.74) is 1.51. The van der Waals surface area contributed by atoms with E-state index in [0.29, 0.717) is 11.8 Å². The van der Waals surface area contributed by atoms with Crippen LogP contribution in [0.4, 0.5) is 0 Å². The first kappa shape index (κ1) is 7.56. The second-order valence-electron chi connectivity index (χ2n) is 4.40. The maximum absolute atomic E-state index is 10.4. The SMILES string of the molecule is Cc1cn[nH]c1C1(O)C2CCCC21. The topological polar surface area (TPSA) is 48.9 Å². The zero-order valence-corrected chi connectivity index (χ0v) is 7.75. The van der Waals surface area contributed by atoms with Crippen molar-refractivity contribution in [2.24, 2.45) is 11.8 Å². The van der Waals surface area contributed by atoms with E-state index >= 15 is 0 Å². The van der Waals surface area contributed by atoms with Crippen LogP contribution >= 0.6 is 0 Å². The first-order chi connectivity index (χ1) is 6.24. The lowest BCUT2D eigenvalue weighted by atomic mass is 10.0. The normalized spacial score (nSPS) is 42.0. The zero-order valence-electron chi connectivity index (χ0n) is 7.75. The number of H-pyrrole nitrogens is 1. The minimum Gasteiger partial charge on any atom is -0.383 e. The van der Waals surface area contributed by atoms with Crippen molar-refractivity contribution < 1.29 is 5.11 Å². The monoisotopic (exact) mass is 178 g/mol. The zero-order chi connectivity index (χ0) is 9.05. The van der Waals surface area contributed by atoms with Crippen LogP contribution in [0.5, 0.6) is 0 Å². The van der Waals surface area contributed by atoms with Crippen molar-refractivity contribution >= 4 is 0 Å². The number of fused-ring (bicyclic) bond motifs is 1. The van der Waals surface area contributed by atoms with Gasteiger partial charge in [0.2, 0.25) is 0 Å². The molecule has 1 aromatic rings. The van der Waals surface area contributed by atoms with Crippen LogP contribution in [0.3, 0.4) is 0 Å². The Hall–Kier alpha value is -0.830. The minimum atomic E-state index is -0.543. The number of hydrogen-bond acceptors (Lipinski definition) is 2. The van der Waals surface area contributed by atoms with Crippen molar-refractivity contribution in [2.45, 2.75) is 31.8 Å². The van der Waals surface area contributed by atoms with Crippen LogP contribution < -0.4 is 0 Å². The van der Waals surface area contributed by atoms with Crippen molar-refractivity contribution in [3.63, 3.8) is 0 Å². The van der Waals surface area contributed by atoms with E-state index in [1.54, 1.807) is 6.20 Å². The predicted molar refractivity (Wildman–Crippen MR) is 48.1 cm³/mol. The molecule has 2 aliphatic rings. The van der Waals surface area contributed by atoms with Gasteiger partial charge in [0.15, 0.2) is 0 Å². The molecule has 0 amide bonds. The van der Waals surface area contributed by atoms with Gasteiger partial charge in [-0.2, -0.15) is 5.10 Å². The number of aromatic nitrogens is 2. The molecule has 3 heteroatoms. The molecule has 0 spiro atoms. The van der Waals surface area contributed by atoms with Crippen LogP contribution in [0.25, 0.3) is 0 Å². The van der Waals surface area contributed by atoms with Crippen LogP contribution in [-0.2, 0) is 5.60 Å². The van der Waals surface area contributed by atoms with Gasteiger partial charge in [0, 0.05) is 0 Å². The second kappa shape index (κ2) is 2.15. The molecule has 1 aromatic heterocycles. The minimum absolute atomic E-state index is 0.506. The molecule has 0 saturated heterocycles.